The van der Waals surface area contributed by atoms with Gasteiger partial charge in [0.25, 0.3) is 0 Å². The summed E-state index contributed by atoms with van der Waals surface area (Å²) in [6.07, 6.45) is 0. The molecular formula is C16H27N3O3S. The Morgan fingerprint density at radius 1 is 1.22 bits per heavy atom. The van der Waals surface area contributed by atoms with Gasteiger partial charge in [-0.1, -0.05) is 6.07 Å². The molecule has 0 radical (unpaired) electrons. The Hall–Kier alpha value is -1.44. The van der Waals surface area contributed by atoms with Crippen molar-refractivity contribution in [3.05, 3.63) is 23.8 Å². The summed E-state index contributed by atoms with van der Waals surface area (Å²) < 4.78 is 25.6. The van der Waals surface area contributed by atoms with E-state index in [1.54, 1.807) is 13.0 Å². The van der Waals surface area contributed by atoms with Gasteiger partial charge in [0.1, 0.15) is 0 Å². The first-order valence-corrected chi connectivity index (χ1v) is 8.90. The number of carbonyl (C=O) groups excluding carboxylic acids is 1. The molecule has 0 aromatic heterocycles. The summed E-state index contributed by atoms with van der Waals surface area (Å²) in [6, 6.07) is 4.32. The molecule has 1 rings (SSSR count). The van der Waals surface area contributed by atoms with Crippen LogP contribution in [0.1, 0.15) is 33.3 Å². The van der Waals surface area contributed by atoms with E-state index >= 15 is 0 Å². The number of hydrogen-bond acceptors (Lipinski definition) is 4. The minimum Gasteiger partial charge on any atom is -0.324 e. The number of sulfonamides is 1. The highest BCUT2D eigenvalue weighted by molar-refractivity contribution is 7.89. The summed E-state index contributed by atoms with van der Waals surface area (Å²) >= 11 is 0. The number of anilines is 1. The Labute approximate surface area is 139 Å². The van der Waals surface area contributed by atoms with E-state index in [0.29, 0.717) is 5.69 Å². The third-order valence-corrected chi connectivity index (χ3v) is 5.10. The molecule has 6 nitrogen and oxygen atoms in total. The molecule has 23 heavy (non-hydrogen) atoms. The molecule has 1 atom stereocenters. The van der Waals surface area contributed by atoms with Crippen LogP contribution in [0.2, 0.25) is 0 Å². The molecule has 130 valence electrons. The number of benzene rings is 1. The Bertz CT molecular complexity index is 676. The maximum Gasteiger partial charge on any atom is 0.242 e. The largest absolute Gasteiger partial charge is 0.324 e. The lowest BCUT2D eigenvalue weighted by atomic mass is 10.1. The van der Waals surface area contributed by atoms with Gasteiger partial charge in [0.05, 0.1) is 10.9 Å². The van der Waals surface area contributed by atoms with E-state index in [4.69, 9.17) is 0 Å². The second kappa shape index (κ2) is 6.98. The van der Waals surface area contributed by atoms with Crippen molar-refractivity contribution < 1.29 is 13.2 Å². The lowest BCUT2D eigenvalue weighted by molar-refractivity contribution is -0.118. The topological polar surface area (TPSA) is 78.5 Å². The number of nitrogens with zero attached hydrogens (tertiary/aromatic N) is 1. The fourth-order valence-electron chi connectivity index (χ4n) is 2.06. The van der Waals surface area contributed by atoms with Crippen LogP contribution >= 0.6 is 0 Å². The maximum atomic E-state index is 12.3. The number of aryl methyl sites for hydroxylation is 1. The lowest BCUT2D eigenvalue weighted by Crippen LogP contribution is -2.48. The lowest BCUT2D eigenvalue weighted by Gasteiger charge is -2.25. The molecule has 2 N–H and O–H groups in total. The SMILES string of the molecule is Cc1ccc(S(=O)(=O)N(C)C)cc1NC(=O)[C@H](C)NC(C)(C)C. The van der Waals surface area contributed by atoms with Crippen LogP contribution in [0.5, 0.6) is 0 Å². The fraction of sp³-hybridized carbons (Fsp3) is 0.562. The first-order chi connectivity index (χ1) is 10.3. The Morgan fingerprint density at radius 3 is 2.26 bits per heavy atom. The van der Waals surface area contributed by atoms with Crippen LogP contribution in [0.25, 0.3) is 0 Å². The number of hydrogen-bond donors (Lipinski definition) is 2. The molecule has 0 aliphatic carbocycles. The molecule has 0 heterocycles. The quantitative estimate of drug-likeness (QED) is 0.858. The van der Waals surface area contributed by atoms with Gasteiger partial charge in [0.2, 0.25) is 15.9 Å². The summed E-state index contributed by atoms with van der Waals surface area (Å²) in [5, 5.41) is 5.98. The molecule has 1 amide bonds. The summed E-state index contributed by atoms with van der Waals surface area (Å²) in [6.45, 7) is 9.53. The maximum absolute atomic E-state index is 12.3. The fourth-order valence-corrected chi connectivity index (χ4v) is 2.99. The average Bonchev–Trinajstić information content (AvgIpc) is 2.38. The summed E-state index contributed by atoms with van der Waals surface area (Å²) in [5.74, 6) is -0.206. The molecule has 0 spiro atoms. The number of amides is 1. The zero-order valence-electron chi connectivity index (χ0n) is 14.9. The summed E-state index contributed by atoms with van der Waals surface area (Å²) in [4.78, 5) is 12.5. The minimum atomic E-state index is -3.53. The molecular weight excluding hydrogens is 314 g/mol. The highest BCUT2D eigenvalue weighted by atomic mass is 32.2. The highest BCUT2D eigenvalue weighted by Crippen LogP contribution is 2.22. The van der Waals surface area contributed by atoms with Gasteiger partial charge in [-0.05, 0) is 52.3 Å². The van der Waals surface area contributed by atoms with Crippen molar-refractivity contribution in [3.8, 4) is 0 Å². The van der Waals surface area contributed by atoms with Gasteiger partial charge < -0.3 is 10.6 Å². The molecule has 0 unspecified atom stereocenters. The molecule has 1 aromatic rings. The number of carbonyl (C=O) groups is 1. The molecule has 7 heteroatoms. The van der Waals surface area contributed by atoms with Crippen LogP contribution in [-0.2, 0) is 14.8 Å². The molecule has 0 saturated heterocycles. The van der Waals surface area contributed by atoms with E-state index < -0.39 is 16.1 Å². The number of rotatable bonds is 5. The summed E-state index contributed by atoms with van der Waals surface area (Å²) in [7, 11) is -0.585. The highest BCUT2D eigenvalue weighted by Gasteiger charge is 2.22. The van der Waals surface area contributed by atoms with Gasteiger partial charge in [-0.15, -0.1) is 0 Å². The predicted octanol–water partition coefficient (Wildman–Crippen LogP) is 1.96. The Balaban J connectivity index is 3.04. The van der Waals surface area contributed by atoms with Crippen molar-refractivity contribution in [1.82, 2.24) is 9.62 Å². The van der Waals surface area contributed by atoms with Gasteiger partial charge in [-0.2, -0.15) is 0 Å². The van der Waals surface area contributed by atoms with Gasteiger partial charge in [0.15, 0.2) is 0 Å². The Morgan fingerprint density at radius 2 is 1.78 bits per heavy atom. The smallest absolute Gasteiger partial charge is 0.242 e. The first-order valence-electron chi connectivity index (χ1n) is 7.46. The van der Waals surface area contributed by atoms with E-state index in [1.807, 2.05) is 27.7 Å². The minimum absolute atomic E-state index is 0.153. The zero-order valence-corrected chi connectivity index (χ0v) is 15.7. The van der Waals surface area contributed by atoms with Crippen molar-refractivity contribution in [2.45, 2.75) is 51.1 Å². The van der Waals surface area contributed by atoms with Gasteiger partial charge >= 0.3 is 0 Å². The second-order valence-corrected chi connectivity index (χ2v) is 9.02. The van der Waals surface area contributed by atoms with E-state index in [1.165, 1.54) is 26.2 Å². The standard InChI is InChI=1S/C16H27N3O3S/c1-11-8-9-13(23(21,22)19(6)7)10-14(11)17-15(20)12(2)18-16(3,4)5/h8-10,12,18H,1-7H3,(H,17,20)/t12-/m0/s1. The average molecular weight is 341 g/mol. The predicted molar refractivity (Wildman–Crippen MR) is 93.0 cm³/mol. The van der Waals surface area contributed by atoms with Crippen molar-refractivity contribution >= 4 is 21.6 Å². The normalized spacial score (nSPS) is 13.9. The van der Waals surface area contributed by atoms with Crippen LogP contribution in [-0.4, -0.2) is 44.3 Å². The molecule has 0 aliphatic heterocycles. The van der Waals surface area contributed by atoms with Crippen LogP contribution in [0.3, 0.4) is 0 Å². The van der Waals surface area contributed by atoms with E-state index in [0.717, 1.165) is 9.87 Å². The van der Waals surface area contributed by atoms with Gasteiger partial charge in [-0.25, -0.2) is 12.7 Å². The van der Waals surface area contributed by atoms with Crippen LogP contribution in [0, 0.1) is 6.92 Å². The second-order valence-electron chi connectivity index (χ2n) is 6.87. The van der Waals surface area contributed by atoms with Gasteiger partial charge in [-0.3, -0.25) is 4.79 Å². The molecule has 0 bridgehead atoms. The van der Waals surface area contributed by atoms with E-state index in [2.05, 4.69) is 10.6 Å². The van der Waals surface area contributed by atoms with Crippen LogP contribution in [0.15, 0.2) is 23.1 Å². The molecule has 1 aromatic carbocycles. The third kappa shape index (κ3) is 5.30. The summed E-state index contributed by atoms with van der Waals surface area (Å²) in [5.41, 5.74) is 1.11. The molecule has 0 saturated carbocycles. The zero-order chi connectivity index (χ0) is 18.0. The van der Waals surface area contributed by atoms with Gasteiger partial charge in [0, 0.05) is 25.3 Å². The van der Waals surface area contributed by atoms with Crippen molar-refractivity contribution in [2.75, 3.05) is 19.4 Å². The third-order valence-electron chi connectivity index (χ3n) is 3.29. The van der Waals surface area contributed by atoms with E-state index in [9.17, 15) is 13.2 Å². The number of nitrogens with one attached hydrogen (secondary N) is 2. The molecule has 0 aliphatic rings. The van der Waals surface area contributed by atoms with Crippen molar-refractivity contribution in [1.29, 1.82) is 0 Å². The van der Waals surface area contributed by atoms with Crippen molar-refractivity contribution in [2.24, 2.45) is 0 Å². The van der Waals surface area contributed by atoms with Crippen LogP contribution in [0.4, 0.5) is 5.69 Å². The first kappa shape index (κ1) is 19.6. The van der Waals surface area contributed by atoms with Crippen molar-refractivity contribution in [3.63, 3.8) is 0 Å². The van der Waals surface area contributed by atoms with Crippen LogP contribution < -0.4 is 10.6 Å². The monoisotopic (exact) mass is 341 g/mol. The van der Waals surface area contributed by atoms with E-state index in [-0.39, 0.29) is 16.3 Å². The Kier molecular flexibility index (Phi) is 5.95. The molecule has 0 fully saturated rings.